The second-order valence-corrected chi connectivity index (χ2v) is 9.24. The maximum Gasteiger partial charge on any atom is 1.00 e. The van der Waals surface area contributed by atoms with Gasteiger partial charge in [0.05, 0.1) is 4.90 Å². The Morgan fingerprint density at radius 1 is 0.710 bits per heavy atom. The topological polar surface area (TPSA) is 66.4 Å². The molecule has 2 aromatic rings. The van der Waals surface area contributed by atoms with Gasteiger partial charge in [0.2, 0.25) is 0 Å². The van der Waals surface area contributed by atoms with Crippen molar-refractivity contribution in [3.63, 3.8) is 0 Å². The van der Waals surface area contributed by atoms with Gasteiger partial charge in [-0.1, -0.05) is 101 Å². The summed E-state index contributed by atoms with van der Waals surface area (Å²) in [6.45, 7) is 2.25. The molecular formula is C25H35KO4S. The first-order chi connectivity index (χ1) is 14.5. The van der Waals surface area contributed by atoms with Gasteiger partial charge in [-0.25, -0.2) is 8.42 Å². The molecule has 31 heavy (non-hydrogen) atoms. The summed E-state index contributed by atoms with van der Waals surface area (Å²) in [5.74, 6) is 0.694. The van der Waals surface area contributed by atoms with Crippen molar-refractivity contribution < 1.29 is 69.1 Å². The molecule has 0 aliphatic heterocycles. The molecule has 0 radical (unpaired) electrons. The molecule has 0 spiro atoms. The van der Waals surface area contributed by atoms with Gasteiger partial charge in [0.25, 0.3) is 0 Å². The van der Waals surface area contributed by atoms with Crippen molar-refractivity contribution in [1.82, 2.24) is 0 Å². The maximum atomic E-state index is 11.5. The predicted octanol–water partition coefficient (Wildman–Crippen LogP) is 4.24. The van der Waals surface area contributed by atoms with Crippen molar-refractivity contribution in [2.45, 2.75) is 88.9 Å². The molecule has 0 aliphatic rings. The maximum absolute atomic E-state index is 11.5. The van der Waals surface area contributed by atoms with Gasteiger partial charge < -0.3 is 9.29 Å². The van der Waals surface area contributed by atoms with Gasteiger partial charge in [-0.05, 0) is 36.6 Å². The molecular weight excluding hydrogens is 435 g/mol. The van der Waals surface area contributed by atoms with E-state index in [4.69, 9.17) is 4.74 Å². The Balaban J connectivity index is 0.00000480. The minimum atomic E-state index is -4.58. The van der Waals surface area contributed by atoms with E-state index in [0.29, 0.717) is 5.75 Å². The smallest absolute Gasteiger partial charge is 0.744 e. The van der Waals surface area contributed by atoms with E-state index in [0.717, 1.165) is 18.4 Å². The largest absolute Gasteiger partial charge is 1.00 e. The van der Waals surface area contributed by atoms with Crippen LogP contribution >= 0.6 is 0 Å². The average Bonchev–Trinajstić information content (AvgIpc) is 2.73. The van der Waals surface area contributed by atoms with Gasteiger partial charge in [-0.3, -0.25) is 0 Å². The van der Waals surface area contributed by atoms with Crippen LogP contribution in [0.15, 0.2) is 53.4 Å². The van der Waals surface area contributed by atoms with Crippen molar-refractivity contribution in [1.29, 1.82) is 0 Å². The summed E-state index contributed by atoms with van der Waals surface area (Å²) in [5.41, 5.74) is 1.03. The number of rotatable bonds is 15. The van der Waals surface area contributed by atoms with E-state index in [1.54, 1.807) is 6.07 Å². The van der Waals surface area contributed by atoms with E-state index in [9.17, 15) is 13.0 Å². The zero-order valence-electron chi connectivity index (χ0n) is 19.1. The molecule has 0 N–H and O–H groups in total. The van der Waals surface area contributed by atoms with Crippen LogP contribution in [0, 0.1) is 0 Å². The molecule has 0 saturated heterocycles. The second kappa shape index (κ2) is 16.4. The summed E-state index contributed by atoms with van der Waals surface area (Å²) in [6.07, 6.45) is 15.1. The number of unbranched alkanes of at least 4 members (excludes halogenated alkanes) is 10. The molecule has 0 unspecified atom stereocenters. The molecule has 0 saturated carbocycles. The summed E-state index contributed by atoms with van der Waals surface area (Å²) in [5, 5.41) is 0. The fourth-order valence-corrected chi connectivity index (χ4v) is 4.25. The van der Waals surface area contributed by atoms with Gasteiger partial charge in [-0.2, -0.15) is 0 Å². The molecule has 0 aromatic heterocycles. The van der Waals surface area contributed by atoms with Gasteiger partial charge in [0, 0.05) is 0 Å². The number of aryl methyl sites for hydroxylation is 1. The quantitative estimate of drug-likeness (QED) is 0.222. The second-order valence-electron chi connectivity index (χ2n) is 7.90. The molecule has 4 nitrogen and oxygen atoms in total. The molecule has 2 aromatic carbocycles. The number of para-hydroxylation sites is 2. The van der Waals surface area contributed by atoms with E-state index in [1.807, 2.05) is 24.3 Å². The van der Waals surface area contributed by atoms with Crippen LogP contribution in [0.4, 0.5) is 0 Å². The van der Waals surface area contributed by atoms with Crippen molar-refractivity contribution >= 4 is 10.1 Å². The van der Waals surface area contributed by atoms with Gasteiger partial charge in [0.1, 0.15) is 21.6 Å². The summed E-state index contributed by atoms with van der Waals surface area (Å²) in [4.78, 5) is -0.325. The van der Waals surface area contributed by atoms with Crippen molar-refractivity contribution in [2.75, 3.05) is 0 Å². The van der Waals surface area contributed by atoms with Gasteiger partial charge >= 0.3 is 51.4 Å². The van der Waals surface area contributed by atoms with Crippen molar-refractivity contribution in [3.8, 4) is 11.5 Å². The Kier molecular flexibility index (Phi) is 15.3. The minimum absolute atomic E-state index is 0. The number of benzene rings is 2. The third kappa shape index (κ3) is 11.5. The molecule has 0 bridgehead atoms. The third-order valence-corrected chi connectivity index (χ3v) is 6.24. The molecule has 0 amide bonds. The number of hydrogen-bond acceptors (Lipinski definition) is 4. The molecule has 166 valence electrons. The Labute approximate surface area is 231 Å². The molecule has 6 heteroatoms. The molecule has 0 atom stereocenters. The first-order valence-electron chi connectivity index (χ1n) is 11.3. The minimum Gasteiger partial charge on any atom is -0.744 e. The summed E-state index contributed by atoms with van der Waals surface area (Å²) >= 11 is 0. The summed E-state index contributed by atoms with van der Waals surface area (Å²) < 4.78 is 40.3. The first-order valence-corrected chi connectivity index (χ1v) is 12.7. The normalized spacial score (nSPS) is 11.2. The Morgan fingerprint density at radius 3 is 1.77 bits per heavy atom. The summed E-state index contributed by atoms with van der Waals surface area (Å²) in [6, 6.07) is 13.6. The van der Waals surface area contributed by atoms with Crippen LogP contribution < -0.4 is 56.1 Å². The van der Waals surface area contributed by atoms with Gasteiger partial charge in [-0.15, -0.1) is 0 Å². The van der Waals surface area contributed by atoms with Crippen LogP contribution in [0.1, 0.15) is 83.1 Å². The SMILES string of the molecule is CCCCCCCCCCCCCc1ccccc1Oc1ccccc1S(=O)(=O)[O-].[K+]. The van der Waals surface area contributed by atoms with Crippen LogP contribution in [-0.2, 0) is 16.5 Å². The molecule has 0 fully saturated rings. The van der Waals surface area contributed by atoms with Crippen molar-refractivity contribution in [3.05, 3.63) is 54.1 Å². The monoisotopic (exact) mass is 470 g/mol. The van der Waals surface area contributed by atoms with Crippen LogP contribution in [0.5, 0.6) is 11.5 Å². The third-order valence-electron chi connectivity index (χ3n) is 5.36. The van der Waals surface area contributed by atoms with Crippen LogP contribution in [0.2, 0.25) is 0 Å². The average molecular weight is 471 g/mol. The van der Waals surface area contributed by atoms with Crippen LogP contribution in [0.3, 0.4) is 0 Å². The van der Waals surface area contributed by atoms with Crippen molar-refractivity contribution in [2.24, 2.45) is 0 Å². The molecule has 0 aliphatic carbocycles. The zero-order valence-corrected chi connectivity index (χ0v) is 23.1. The molecule has 0 heterocycles. The van der Waals surface area contributed by atoms with E-state index in [2.05, 4.69) is 6.92 Å². The first kappa shape index (κ1) is 28.8. The zero-order chi connectivity index (χ0) is 21.7. The summed E-state index contributed by atoms with van der Waals surface area (Å²) in [7, 11) is -4.58. The fourth-order valence-electron chi connectivity index (χ4n) is 3.65. The Hall–Kier alpha value is -0.214. The Morgan fingerprint density at radius 2 is 1.19 bits per heavy atom. The van der Waals surface area contributed by atoms with E-state index in [1.165, 1.54) is 82.4 Å². The van der Waals surface area contributed by atoms with Crippen LogP contribution in [-0.4, -0.2) is 13.0 Å². The van der Waals surface area contributed by atoms with E-state index >= 15 is 0 Å². The van der Waals surface area contributed by atoms with E-state index in [-0.39, 0.29) is 62.0 Å². The molecule has 2 rings (SSSR count). The van der Waals surface area contributed by atoms with E-state index < -0.39 is 10.1 Å². The Bertz CT molecular complexity index is 852. The standard InChI is InChI=1S/C25H36O4S.K/c1-2-3-4-5-6-7-8-9-10-11-12-17-22-18-13-14-19-23(22)29-24-20-15-16-21-25(24)30(26,27)28;/h13-16,18-21H,2-12,17H2,1H3,(H,26,27,28);/q;+1/p-1. The number of ether oxygens (including phenoxy) is 1. The number of hydrogen-bond donors (Lipinski definition) is 0. The fraction of sp³-hybridized carbons (Fsp3) is 0.520. The predicted molar refractivity (Wildman–Crippen MR) is 121 cm³/mol. The van der Waals surface area contributed by atoms with Crippen LogP contribution in [0.25, 0.3) is 0 Å². The van der Waals surface area contributed by atoms with Gasteiger partial charge in [0.15, 0.2) is 0 Å².